The molecule has 0 atom stereocenters. The average Bonchev–Trinajstić information content (AvgIpc) is 3.86. The zero-order chi connectivity index (χ0) is 41.7. The molecule has 0 fully saturated rings. The third-order valence-corrected chi connectivity index (χ3v) is 13.4. The predicted octanol–water partition coefficient (Wildman–Crippen LogP) is 15.6. The first kappa shape index (κ1) is 36.9. The SMILES string of the molecule is C1=C(c2ccc(N(c3ccc(-c4ccccc4)cc3)c3ccc4c(c3)C(c3ccccc3)(c3ccccc3)c3ccccc3-4)cc2)CCc2c1c1ccccc1n2-c1ccccc1. The van der Waals surface area contributed by atoms with Crippen LogP contribution in [0.2, 0.25) is 0 Å². The lowest BCUT2D eigenvalue weighted by atomic mass is 9.67. The maximum Gasteiger partial charge on any atom is 0.0714 e. The highest BCUT2D eigenvalue weighted by molar-refractivity contribution is 5.99. The molecule has 0 radical (unpaired) electrons. The summed E-state index contributed by atoms with van der Waals surface area (Å²) < 4.78 is 2.46. The van der Waals surface area contributed by atoms with E-state index in [1.807, 2.05) is 0 Å². The number of allylic oxidation sites excluding steroid dienone is 1. The molecule has 10 aromatic rings. The van der Waals surface area contributed by atoms with Crippen LogP contribution < -0.4 is 4.90 Å². The number of benzene rings is 9. The van der Waals surface area contributed by atoms with Gasteiger partial charge in [0.1, 0.15) is 0 Å². The molecule has 63 heavy (non-hydrogen) atoms. The molecular weight excluding hydrogens is 761 g/mol. The molecule has 2 nitrogen and oxygen atoms in total. The van der Waals surface area contributed by atoms with Gasteiger partial charge in [-0.25, -0.2) is 0 Å². The van der Waals surface area contributed by atoms with Gasteiger partial charge >= 0.3 is 0 Å². The number of fused-ring (bicyclic) bond motifs is 6. The highest BCUT2D eigenvalue weighted by atomic mass is 15.1. The van der Waals surface area contributed by atoms with Gasteiger partial charge < -0.3 is 9.47 Å². The summed E-state index contributed by atoms with van der Waals surface area (Å²) in [6.07, 6.45) is 4.40. The summed E-state index contributed by atoms with van der Waals surface area (Å²) >= 11 is 0. The van der Waals surface area contributed by atoms with E-state index in [9.17, 15) is 0 Å². The molecule has 0 unspecified atom stereocenters. The smallest absolute Gasteiger partial charge is 0.0714 e. The minimum absolute atomic E-state index is 0.493. The van der Waals surface area contributed by atoms with Crippen molar-refractivity contribution in [3.05, 3.63) is 276 Å². The molecule has 2 aliphatic carbocycles. The van der Waals surface area contributed by atoms with E-state index >= 15 is 0 Å². The molecule has 0 saturated carbocycles. The van der Waals surface area contributed by atoms with Crippen molar-refractivity contribution in [1.82, 2.24) is 4.57 Å². The van der Waals surface area contributed by atoms with Crippen LogP contribution >= 0.6 is 0 Å². The van der Waals surface area contributed by atoms with E-state index in [1.54, 1.807) is 0 Å². The Morgan fingerprint density at radius 1 is 0.397 bits per heavy atom. The fourth-order valence-electron chi connectivity index (χ4n) is 10.6. The van der Waals surface area contributed by atoms with Crippen molar-refractivity contribution >= 4 is 39.6 Å². The van der Waals surface area contributed by atoms with Crippen molar-refractivity contribution in [3.8, 4) is 27.9 Å². The lowest BCUT2D eigenvalue weighted by Gasteiger charge is -2.35. The third kappa shape index (κ3) is 6.02. The van der Waals surface area contributed by atoms with E-state index in [-0.39, 0.29) is 0 Å². The largest absolute Gasteiger partial charge is 0.313 e. The van der Waals surface area contributed by atoms with Gasteiger partial charge in [0, 0.05) is 39.4 Å². The summed E-state index contributed by atoms with van der Waals surface area (Å²) in [7, 11) is 0. The average molecular weight is 805 g/mol. The predicted molar refractivity (Wildman–Crippen MR) is 263 cm³/mol. The molecule has 1 heterocycles. The number of para-hydroxylation sites is 2. The number of anilines is 3. The van der Waals surface area contributed by atoms with Gasteiger partial charge in [-0.15, -0.1) is 0 Å². The van der Waals surface area contributed by atoms with Gasteiger partial charge in [0.05, 0.1) is 10.9 Å². The number of hydrogen-bond acceptors (Lipinski definition) is 1. The Morgan fingerprint density at radius 3 is 1.60 bits per heavy atom. The monoisotopic (exact) mass is 804 g/mol. The van der Waals surface area contributed by atoms with Gasteiger partial charge in [-0.2, -0.15) is 0 Å². The van der Waals surface area contributed by atoms with Gasteiger partial charge in [0.15, 0.2) is 0 Å². The summed E-state index contributed by atoms with van der Waals surface area (Å²) in [5.74, 6) is 0. The van der Waals surface area contributed by atoms with Crippen LogP contribution in [0, 0.1) is 0 Å². The standard InChI is InChI=1S/C61H44N2/c1-5-17-43(18-6-1)44-29-34-50(35-30-44)62(51-36-31-45(32-37-51)46-33-40-60-56(41-46)55-26-14-16-28-59(55)63(60)49-23-11-4-12-24-49)52-38-39-54-53-25-13-15-27-57(53)61(58(54)42-52,47-19-7-2-8-20-47)48-21-9-3-10-22-48/h1-32,34-39,41-42H,33,40H2. The second-order valence-corrected chi connectivity index (χ2v) is 16.8. The van der Waals surface area contributed by atoms with Crippen LogP contribution in [0.4, 0.5) is 17.1 Å². The fourth-order valence-corrected chi connectivity index (χ4v) is 10.6. The molecule has 2 heteroatoms. The van der Waals surface area contributed by atoms with E-state index in [2.05, 4.69) is 252 Å². The maximum absolute atomic E-state index is 2.46. The molecule has 12 rings (SSSR count). The highest BCUT2D eigenvalue weighted by Crippen LogP contribution is 2.57. The summed E-state index contributed by atoms with van der Waals surface area (Å²) in [5.41, 5.74) is 20.8. The van der Waals surface area contributed by atoms with Crippen LogP contribution in [-0.4, -0.2) is 4.57 Å². The van der Waals surface area contributed by atoms with Crippen molar-refractivity contribution in [2.75, 3.05) is 4.90 Å². The first-order valence-electron chi connectivity index (χ1n) is 22.1. The van der Waals surface area contributed by atoms with Gasteiger partial charge in [0.2, 0.25) is 0 Å². The lowest BCUT2D eigenvalue weighted by molar-refractivity contribution is 0.768. The van der Waals surface area contributed by atoms with Gasteiger partial charge in [0.25, 0.3) is 0 Å². The van der Waals surface area contributed by atoms with Gasteiger partial charge in [-0.3, -0.25) is 0 Å². The van der Waals surface area contributed by atoms with Crippen LogP contribution in [0.1, 0.15) is 45.5 Å². The Kier molecular flexibility index (Phi) is 8.90. The minimum atomic E-state index is -0.493. The molecule has 0 amide bonds. The Labute approximate surface area is 369 Å². The van der Waals surface area contributed by atoms with Crippen LogP contribution in [0.15, 0.2) is 237 Å². The van der Waals surface area contributed by atoms with Crippen LogP contribution in [-0.2, 0) is 11.8 Å². The van der Waals surface area contributed by atoms with E-state index in [1.165, 1.54) is 83.5 Å². The van der Waals surface area contributed by atoms with Crippen molar-refractivity contribution in [3.63, 3.8) is 0 Å². The Bertz CT molecular complexity index is 3250. The Balaban J connectivity index is 1.00. The summed E-state index contributed by atoms with van der Waals surface area (Å²) in [4.78, 5) is 2.43. The molecule has 0 bridgehead atoms. The highest BCUT2D eigenvalue weighted by Gasteiger charge is 2.46. The summed E-state index contributed by atoms with van der Waals surface area (Å²) in [6, 6.07) is 86.9. The second kappa shape index (κ2) is 15.2. The summed E-state index contributed by atoms with van der Waals surface area (Å²) in [6.45, 7) is 0. The molecule has 0 spiro atoms. The molecule has 298 valence electrons. The van der Waals surface area contributed by atoms with Crippen LogP contribution in [0.25, 0.3) is 50.5 Å². The maximum atomic E-state index is 2.46. The molecule has 0 aliphatic heterocycles. The van der Waals surface area contributed by atoms with Gasteiger partial charge in [-0.05, 0) is 129 Å². The van der Waals surface area contributed by atoms with Crippen LogP contribution in [0.5, 0.6) is 0 Å². The molecule has 9 aromatic carbocycles. The number of aromatic nitrogens is 1. The third-order valence-electron chi connectivity index (χ3n) is 13.4. The molecule has 0 saturated heterocycles. The number of rotatable bonds is 8. The fraction of sp³-hybridized carbons (Fsp3) is 0.0492. The van der Waals surface area contributed by atoms with E-state index in [0.717, 1.165) is 29.9 Å². The Hall–Kier alpha value is -7.94. The van der Waals surface area contributed by atoms with Crippen molar-refractivity contribution < 1.29 is 0 Å². The number of hydrogen-bond donors (Lipinski definition) is 0. The van der Waals surface area contributed by atoms with E-state index in [0.29, 0.717) is 0 Å². The number of nitrogens with zero attached hydrogens (tertiary/aromatic N) is 2. The summed E-state index contributed by atoms with van der Waals surface area (Å²) in [5, 5.41) is 1.30. The first-order chi connectivity index (χ1) is 31.3. The second-order valence-electron chi connectivity index (χ2n) is 16.8. The van der Waals surface area contributed by atoms with Crippen molar-refractivity contribution in [1.29, 1.82) is 0 Å². The quantitative estimate of drug-likeness (QED) is 0.149. The van der Waals surface area contributed by atoms with Crippen LogP contribution in [0.3, 0.4) is 0 Å². The van der Waals surface area contributed by atoms with E-state index in [4.69, 9.17) is 0 Å². The zero-order valence-electron chi connectivity index (χ0n) is 34.9. The molecule has 2 aliphatic rings. The van der Waals surface area contributed by atoms with E-state index < -0.39 is 5.41 Å². The normalized spacial score (nSPS) is 13.5. The zero-order valence-corrected chi connectivity index (χ0v) is 34.9. The molecule has 0 N–H and O–H groups in total. The molecular formula is C61H44N2. The van der Waals surface area contributed by atoms with Crippen molar-refractivity contribution in [2.45, 2.75) is 18.3 Å². The molecule has 1 aromatic heterocycles. The first-order valence-corrected chi connectivity index (χ1v) is 22.1. The minimum Gasteiger partial charge on any atom is -0.313 e. The van der Waals surface area contributed by atoms with Crippen molar-refractivity contribution in [2.24, 2.45) is 0 Å². The lowest BCUT2D eigenvalue weighted by Crippen LogP contribution is -2.28. The Morgan fingerprint density at radius 2 is 0.921 bits per heavy atom. The van der Waals surface area contributed by atoms with Gasteiger partial charge in [-0.1, -0.05) is 182 Å². The topological polar surface area (TPSA) is 8.17 Å².